The number of hydrogen-bond acceptors (Lipinski definition) is 4. The first-order valence-corrected chi connectivity index (χ1v) is 11.0. The van der Waals surface area contributed by atoms with Gasteiger partial charge in [-0.2, -0.15) is 0 Å². The molecule has 4 rings (SSSR count). The average molecular weight is 426 g/mol. The summed E-state index contributed by atoms with van der Waals surface area (Å²) in [5, 5.41) is 0. The van der Waals surface area contributed by atoms with E-state index in [2.05, 4.69) is 41.3 Å². The summed E-state index contributed by atoms with van der Waals surface area (Å²) < 4.78 is 5.08. The third-order valence-electron chi connectivity index (χ3n) is 5.96. The van der Waals surface area contributed by atoms with E-state index >= 15 is 0 Å². The van der Waals surface area contributed by atoms with Gasteiger partial charge in [-0.3, -0.25) is 9.69 Å². The van der Waals surface area contributed by atoms with Gasteiger partial charge in [0, 0.05) is 31.2 Å². The molecule has 1 saturated heterocycles. The van der Waals surface area contributed by atoms with Crippen molar-refractivity contribution in [3.8, 4) is 0 Å². The molecule has 0 unspecified atom stereocenters. The fraction of sp³-hybridized carbons (Fsp3) is 0.214. The molecule has 0 atom stereocenters. The molecule has 0 saturated carbocycles. The summed E-state index contributed by atoms with van der Waals surface area (Å²) in [7, 11) is 0. The summed E-state index contributed by atoms with van der Waals surface area (Å²) in [5.74, 6) is -0.472. The van der Waals surface area contributed by atoms with Gasteiger partial charge in [-0.05, 0) is 23.6 Å². The molecule has 0 spiro atoms. The van der Waals surface area contributed by atoms with Crippen LogP contribution in [0, 0.1) is 0 Å². The first kappa shape index (κ1) is 21.7. The van der Waals surface area contributed by atoms with Crippen molar-refractivity contribution < 1.29 is 14.3 Å². The molecule has 1 heterocycles. The molecular formula is C28H27NO3. The van der Waals surface area contributed by atoms with Gasteiger partial charge < -0.3 is 4.74 Å². The van der Waals surface area contributed by atoms with Gasteiger partial charge in [0.25, 0.3) is 0 Å². The minimum Gasteiger partial charge on any atom is -0.463 e. The minimum absolute atomic E-state index is 0.00242. The molecule has 4 nitrogen and oxygen atoms in total. The second-order valence-electron chi connectivity index (χ2n) is 7.82. The number of nitrogens with zero attached hydrogens (tertiary/aromatic N) is 1. The van der Waals surface area contributed by atoms with Crippen molar-refractivity contribution in [2.24, 2.45) is 0 Å². The van der Waals surface area contributed by atoms with Crippen molar-refractivity contribution in [1.82, 2.24) is 4.90 Å². The van der Waals surface area contributed by atoms with E-state index < -0.39 is 11.5 Å². The lowest BCUT2D eigenvalue weighted by molar-refractivity contribution is -0.137. The number of Topliss-reactive ketones (excluding diaryl/α,β-unsaturated/α-hetero) is 1. The van der Waals surface area contributed by atoms with E-state index in [0.717, 1.165) is 16.7 Å². The van der Waals surface area contributed by atoms with E-state index in [4.69, 9.17) is 4.74 Å². The van der Waals surface area contributed by atoms with Crippen molar-refractivity contribution in [3.63, 3.8) is 0 Å². The second-order valence-corrected chi connectivity index (χ2v) is 7.82. The normalized spacial score (nSPS) is 16.2. The molecule has 0 aromatic heterocycles. The van der Waals surface area contributed by atoms with Crippen molar-refractivity contribution in [2.75, 3.05) is 19.7 Å². The molecule has 4 heteroatoms. The highest BCUT2D eigenvalue weighted by Gasteiger charge is 2.44. The van der Waals surface area contributed by atoms with Crippen molar-refractivity contribution >= 4 is 11.8 Å². The van der Waals surface area contributed by atoms with Crippen LogP contribution in [0.1, 0.15) is 30.0 Å². The van der Waals surface area contributed by atoms with E-state index in [1.807, 2.05) is 54.6 Å². The molecule has 3 aromatic carbocycles. The van der Waals surface area contributed by atoms with Gasteiger partial charge >= 0.3 is 5.97 Å². The highest BCUT2D eigenvalue weighted by Crippen LogP contribution is 2.43. The number of hydrogen-bond donors (Lipinski definition) is 0. The number of esters is 1. The van der Waals surface area contributed by atoms with Crippen LogP contribution >= 0.6 is 0 Å². The molecule has 1 aliphatic heterocycles. The van der Waals surface area contributed by atoms with E-state index in [0.29, 0.717) is 25.1 Å². The summed E-state index contributed by atoms with van der Waals surface area (Å²) in [6.07, 6.45) is 1.71. The third kappa shape index (κ3) is 4.14. The number of carbonyl (C=O) groups is 2. The molecule has 0 amide bonds. The standard InChI is InChI=1S/C28H27NO3/c1-2-32-27(31)20-22-21-29(19-18-26(22)30)28(23-12-6-3-7-13-23,24-14-8-4-9-15-24)25-16-10-5-11-17-25/h3-17,20H,2,18-19,21H2,1H3. The number of likely N-dealkylation sites (tertiary alicyclic amines) is 1. The molecule has 32 heavy (non-hydrogen) atoms. The van der Waals surface area contributed by atoms with Crippen LogP contribution in [-0.4, -0.2) is 36.3 Å². The van der Waals surface area contributed by atoms with Crippen LogP contribution in [0.15, 0.2) is 103 Å². The highest BCUT2D eigenvalue weighted by atomic mass is 16.5. The third-order valence-corrected chi connectivity index (χ3v) is 5.96. The second kappa shape index (κ2) is 9.75. The summed E-state index contributed by atoms with van der Waals surface area (Å²) in [6.45, 7) is 2.98. The number of ketones is 1. The van der Waals surface area contributed by atoms with Crippen LogP contribution in [0.4, 0.5) is 0 Å². The summed E-state index contributed by atoms with van der Waals surface area (Å²) in [6, 6.07) is 31.1. The van der Waals surface area contributed by atoms with E-state index in [9.17, 15) is 9.59 Å². The lowest BCUT2D eigenvalue weighted by atomic mass is 9.74. The Morgan fingerprint density at radius 2 is 1.34 bits per heavy atom. The van der Waals surface area contributed by atoms with Gasteiger partial charge in [-0.25, -0.2) is 4.79 Å². The van der Waals surface area contributed by atoms with Gasteiger partial charge in [0.15, 0.2) is 5.78 Å². The zero-order valence-electron chi connectivity index (χ0n) is 18.2. The molecule has 0 aliphatic carbocycles. The Morgan fingerprint density at radius 3 is 1.78 bits per heavy atom. The van der Waals surface area contributed by atoms with Gasteiger partial charge in [0.05, 0.1) is 12.1 Å². The highest BCUT2D eigenvalue weighted by molar-refractivity contribution is 6.01. The smallest absolute Gasteiger partial charge is 0.331 e. The maximum Gasteiger partial charge on any atom is 0.331 e. The molecular weight excluding hydrogens is 398 g/mol. The molecule has 1 fully saturated rings. The number of rotatable bonds is 6. The summed E-state index contributed by atoms with van der Waals surface area (Å²) in [4.78, 5) is 27.2. The number of carbonyl (C=O) groups excluding carboxylic acids is 2. The van der Waals surface area contributed by atoms with Crippen molar-refractivity contribution in [1.29, 1.82) is 0 Å². The maximum atomic E-state index is 12.7. The zero-order valence-corrected chi connectivity index (χ0v) is 18.2. The molecule has 0 N–H and O–H groups in total. The quantitative estimate of drug-likeness (QED) is 0.325. The first-order valence-electron chi connectivity index (χ1n) is 11.0. The average Bonchev–Trinajstić information content (AvgIpc) is 2.84. The Morgan fingerprint density at radius 1 is 0.875 bits per heavy atom. The van der Waals surface area contributed by atoms with Crippen LogP contribution < -0.4 is 0 Å². The first-order chi connectivity index (χ1) is 15.7. The summed E-state index contributed by atoms with van der Waals surface area (Å²) in [5.41, 5.74) is 3.21. The van der Waals surface area contributed by atoms with Gasteiger partial charge in [0.2, 0.25) is 0 Å². The Bertz CT molecular complexity index is 995. The number of piperidine rings is 1. The Balaban J connectivity index is 1.92. The fourth-order valence-electron chi connectivity index (χ4n) is 4.59. The van der Waals surface area contributed by atoms with E-state index in [1.165, 1.54) is 6.08 Å². The largest absolute Gasteiger partial charge is 0.463 e. The maximum absolute atomic E-state index is 12.7. The van der Waals surface area contributed by atoms with Gasteiger partial charge in [0.1, 0.15) is 0 Å². The van der Waals surface area contributed by atoms with Crippen LogP contribution in [0.2, 0.25) is 0 Å². The van der Waals surface area contributed by atoms with Crippen LogP contribution in [0.5, 0.6) is 0 Å². The van der Waals surface area contributed by atoms with E-state index in [1.54, 1.807) is 6.92 Å². The van der Waals surface area contributed by atoms with E-state index in [-0.39, 0.29) is 12.4 Å². The zero-order chi connectivity index (χ0) is 22.4. The lowest BCUT2D eigenvalue weighted by Gasteiger charge is -2.47. The molecule has 162 valence electrons. The Hall–Kier alpha value is -3.50. The molecule has 0 bridgehead atoms. The SMILES string of the molecule is CCOC(=O)C=C1CN(C(c2ccccc2)(c2ccccc2)c2ccccc2)CCC1=O. The molecule has 1 aliphatic rings. The molecule has 0 radical (unpaired) electrons. The predicted molar refractivity (Wildman–Crippen MR) is 125 cm³/mol. The fourth-order valence-corrected chi connectivity index (χ4v) is 4.59. The summed E-state index contributed by atoms with van der Waals surface area (Å²) >= 11 is 0. The molecule has 3 aromatic rings. The lowest BCUT2D eigenvalue weighted by Crippen LogP contribution is -2.52. The van der Waals surface area contributed by atoms with Crippen LogP contribution in [0.25, 0.3) is 0 Å². The number of benzene rings is 3. The van der Waals surface area contributed by atoms with Crippen LogP contribution in [-0.2, 0) is 19.9 Å². The van der Waals surface area contributed by atoms with Crippen LogP contribution in [0.3, 0.4) is 0 Å². The van der Waals surface area contributed by atoms with Crippen molar-refractivity contribution in [3.05, 3.63) is 119 Å². The Kier molecular flexibility index (Phi) is 6.62. The number of ether oxygens (including phenoxy) is 1. The van der Waals surface area contributed by atoms with Gasteiger partial charge in [-0.15, -0.1) is 0 Å². The Labute approximate surface area is 189 Å². The predicted octanol–water partition coefficient (Wildman–Crippen LogP) is 4.74. The minimum atomic E-state index is -0.613. The topological polar surface area (TPSA) is 46.6 Å². The monoisotopic (exact) mass is 425 g/mol. The van der Waals surface area contributed by atoms with Gasteiger partial charge in [-0.1, -0.05) is 91.0 Å². The van der Waals surface area contributed by atoms with Crippen molar-refractivity contribution in [2.45, 2.75) is 18.9 Å².